The summed E-state index contributed by atoms with van der Waals surface area (Å²) in [5.41, 5.74) is 3.09. The van der Waals surface area contributed by atoms with Crippen LogP contribution in [-0.4, -0.2) is 36.1 Å². The number of methoxy groups -OCH3 is 1. The van der Waals surface area contributed by atoms with Crippen LogP contribution >= 0.6 is 0 Å². The average molecular weight is 499 g/mol. The molecule has 0 aliphatic carbocycles. The van der Waals surface area contributed by atoms with Gasteiger partial charge in [-0.05, 0) is 53.6 Å². The minimum absolute atomic E-state index is 0.0180. The first-order valence-corrected chi connectivity index (χ1v) is 11.7. The molecular formula is C29H27FN4O3. The summed E-state index contributed by atoms with van der Waals surface area (Å²) in [6, 6.07) is 24.1. The number of carbonyl (C=O) groups excluding carboxylic acids is 1. The van der Waals surface area contributed by atoms with Crippen LogP contribution < -0.4 is 15.4 Å². The molecular weight excluding hydrogens is 471 g/mol. The van der Waals surface area contributed by atoms with Crippen molar-refractivity contribution in [2.75, 3.05) is 31.0 Å². The van der Waals surface area contributed by atoms with E-state index in [-0.39, 0.29) is 24.0 Å². The molecule has 2 N–H and O–H groups in total. The molecule has 4 aromatic rings. The second-order valence-corrected chi connectivity index (χ2v) is 8.09. The Morgan fingerprint density at radius 3 is 2.54 bits per heavy atom. The maximum atomic E-state index is 14.5. The number of nitrogens with zero attached hydrogens (tertiary/aromatic N) is 2. The van der Waals surface area contributed by atoms with E-state index >= 15 is 0 Å². The van der Waals surface area contributed by atoms with Crippen LogP contribution in [0, 0.1) is 5.82 Å². The van der Waals surface area contributed by atoms with E-state index in [4.69, 9.17) is 9.47 Å². The van der Waals surface area contributed by atoms with E-state index in [0.717, 1.165) is 23.0 Å². The third-order valence-corrected chi connectivity index (χ3v) is 5.24. The Morgan fingerprint density at radius 1 is 0.946 bits per heavy atom. The van der Waals surface area contributed by atoms with Gasteiger partial charge in [-0.25, -0.2) is 9.37 Å². The number of benzene rings is 3. The highest BCUT2D eigenvalue weighted by molar-refractivity contribution is 5.95. The van der Waals surface area contributed by atoms with Gasteiger partial charge in [0.25, 0.3) is 0 Å². The lowest BCUT2D eigenvalue weighted by molar-refractivity contribution is -0.113. The van der Waals surface area contributed by atoms with Crippen LogP contribution in [0.5, 0.6) is 5.75 Å². The van der Waals surface area contributed by atoms with Crippen LogP contribution in [0.3, 0.4) is 0 Å². The molecule has 8 heteroatoms. The summed E-state index contributed by atoms with van der Waals surface area (Å²) in [7, 11) is 1.62. The van der Waals surface area contributed by atoms with Crippen molar-refractivity contribution in [3.05, 3.63) is 108 Å². The second-order valence-electron chi connectivity index (χ2n) is 8.09. The first-order valence-electron chi connectivity index (χ1n) is 11.7. The molecule has 7 nitrogen and oxygen atoms in total. The highest BCUT2D eigenvalue weighted by Gasteiger charge is 2.09. The third kappa shape index (κ3) is 7.98. The smallest absolute Gasteiger partial charge is 0.229 e. The van der Waals surface area contributed by atoms with Gasteiger partial charge in [-0.15, -0.1) is 0 Å². The largest absolute Gasteiger partial charge is 0.491 e. The molecule has 4 rings (SSSR count). The molecule has 0 atom stereocenters. The minimum atomic E-state index is -0.597. The van der Waals surface area contributed by atoms with Gasteiger partial charge in [-0.3, -0.25) is 4.79 Å². The number of halogens is 1. The van der Waals surface area contributed by atoms with Gasteiger partial charge in [0, 0.05) is 24.9 Å². The fraction of sp³-hybridized carbons (Fsp3) is 0.138. The SMILES string of the molecule is COCCOc1ccc(Nc2ncc(F)c(Nc3cccc(CC(=O)/C=C/c4ccccc4)c3)n2)cc1. The van der Waals surface area contributed by atoms with Crippen LogP contribution in [-0.2, 0) is 16.0 Å². The summed E-state index contributed by atoms with van der Waals surface area (Å²) >= 11 is 0. The van der Waals surface area contributed by atoms with E-state index in [1.807, 2.05) is 60.7 Å². The molecule has 0 aliphatic heterocycles. The summed E-state index contributed by atoms with van der Waals surface area (Å²) in [6.45, 7) is 0.961. The Kier molecular flexibility index (Phi) is 8.93. The average Bonchev–Trinajstić information content (AvgIpc) is 2.91. The Balaban J connectivity index is 1.38. The quantitative estimate of drug-likeness (QED) is 0.184. The van der Waals surface area contributed by atoms with E-state index in [1.165, 1.54) is 0 Å². The number of ether oxygens (including phenoxy) is 2. The van der Waals surface area contributed by atoms with Crippen LogP contribution in [0.25, 0.3) is 6.08 Å². The third-order valence-electron chi connectivity index (χ3n) is 5.24. The zero-order valence-corrected chi connectivity index (χ0v) is 20.4. The van der Waals surface area contributed by atoms with E-state index in [9.17, 15) is 9.18 Å². The predicted molar refractivity (Wildman–Crippen MR) is 143 cm³/mol. The molecule has 0 radical (unpaired) electrons. The van der Waals surface area contributed by atoms with Crippen molar-refractivity contribution in [1.29, 1.82) is 0 Å². The maximum absolute atomic E-state index is 14.5. The first-order chi connectivity index (χ1) is 18.1. The molecule has 0 saturated carbocycles. The van der Waals surface area contributed by atoms with E-state index in [2.05, 4.69) is 20.6 Å². The topological polar surface area (TPSA) is 85.4 Å². The molecule has 3 aromatic carbocycles. The van der Waals surface area contributed by atoms with Gasteiger partial charge < -0.3 is 20.1 Å². The number of allylic oxidation sites excluding steroid dienone is 1. The maximum Gasteiger partial charge on any atom is 0.229 e. The molecule has 0 fully saturated rings. The molecule has 1 aromatic heterocycles. The van der Waals surface area contributed by atoms with Gasteiger partial charge in [0.05, 0.1) is 12.8 Å². The first kappa shape index (κ1) is 25.5. The van der Waals surface area contributed by atoms with Gasteiger partial charge in [0.15, 0.2) is 17.4 Å². The summed E-state index contributed by atoms with van der Waals surface area (Å²) in [5.74, 6) is 0.327. The predicted octanol–water partition coefficient (Wildman–Crippen LogP) is 5.95. The fourth-order valence-electron chi connectivity index (χ4n) is 3.43. The van der Waals surface area contributed by atoms with E-state index in [0.29, 0.717) is 24.7 Å². The Bertz CT molecular complexity index is 1350. The Morgan fingerprint density at radius 2 is 1.76 bits per heavy atom. The molecule has 0 aliphatic rings. The van der Waals surface area contributed by atoms with Gasteiger partial charge in [0.1, 0.15) is 12.4 Å². The summed E-state index contributed by atoms with van der Waals surface area (Å²) in [5, 5.41) is 6.04. The lowest BCUT2D eigenvalue weighted by Crippen LogP contribution is -2.05. The highest BCUT2D eigenvalue weighted by atomic mass is 19.1. The lowest BCUT2D eigenvalue weighted by atomic mass is 10.1. The van der Waals surface area contributed by atoms with Crippen molar-refractivity contribution in [3.8, 4) is 5.75 Å². The van der Waals surface area contributed by atoms with Crippen molar-refractivity contribution in [2.45, 2.75) is 6.42 Å². The van der Waals surface area contributed by atoms with E-state index < -0.39 is 5.82 Å². The molecule has 188 valence electrons. The van der Waals surface area contributed by atoms with Crippen LogP contribution in [0.2, 0.25) is 0 Å². The molecule has 0 saturated heterocycles. The standard InChI is InChI=1S/C29H27FN4O3/c1-36-16-17-37-26-14-11-23(12-15-26)33-29-31-20-27(30)28(34-29)32-24-9-5-8-22(18-24)19-25(35)13-10-21-6-3-2-4-7-21/h2-15,18,20H,16-17,19H2,1H3,(H2,31,32,33,34)/b13-10+. The van der Waals surface area contributed by atoms with Crippen LogP contribution in [0.15, 0.2) is 91.1 Å². The monoisotopic (exact) mass is 498 g/mol. The van der Waals surface area contributed by atoms with Crippen molar-refractivity contribution < 1.29 is 18.7 Å². The number of hydrogen-bond donors (Lipinski definition) is 2. The highest BCUT2D eigenvalue weighted by Crippen LogP contribution is 2.23. The number of anilines is 4. The molecule has 0 bridgehead atoms. The molecule has 0 unspecified atom stereocenters. The summed E-state index contributed by atoms with van der Waals surface area (Å²) in [4.78, 5) is 20.7. The Hall–Kier alpha value is -4.56. The number of aromatic nitrogens is 2. The molecule has 1 heterocycles. The molecule has 0 spiro atoms. The number of nitrogens with one attached hydrogen (secondary N) is 2. The zero-order valence-electron chi connectivity index (χ0n) is 20.4. The number of carbonyl (C=O) groups is 1. The van der Waals surface area contributed by atoms with Crippen molar-refractivity contribution >= 4 is 35.0 Å². The number of ketones is 1. The van der Waals surface area contributed by atoms with Crippen molar-refractivity contribution in [3.63, 3.8) is 0 Å². The van der Waals surface area contributed by atoms with Crippen molar-refractivity contribution in [2.24, 2.45) is 0 Å². The summed E-state index contributed by atoms with van der Waals surface area (Å²) < 4.78 is 25.0. The van der Waals surface area contributed by atoms with Gasteiger partial charge in [-0.1, -0.05) is 48.5 Å². The minimum Gasteiger partial charge on any atom is -0.491 e. The lowest BCUT2D eigenvalue weighted by Gasteiger charge is -2.11. The fourth-order valence-corrected chi connectivity index (χ4v) is 3.43. The van der Waals surface area contributed by atoms with Gasteiger partial charge in [0.2, 0.25) is 5.95 Å². The Labute approximate surface area is 215 Å². The second kappa shape index (κ2) is 12.9. The number of rotatable bonds is 12. The zero-order chi connectivity index (χ0) is 25.9. The van der Waals surface area contributed by atoms with Crippen LogP contribution in [0.4, 0.5) is 27.5 Å². The van der Waals surface area contributed by atoms with Crippen molar-refractivity contribution in [1.82, 2.24) is 9.97 Å². The van der Waals surface area contributed by atoms with Gasteiger partial charge in [-0.2, -0.15) is 4.98 Å². The van der Waals surface area contributed by atoms with Gasteiger partial charge >= 0.3 is 0 Å². The molecule has 37 heavy (non-hydrogen) atoms. The van der Waals surface area contributed by atoms with E-state index in [1.54, 1.807) is 37.5 Å². The summed E-state index contributed by atoms with van der Waals surface area (Å²) in [6.07, 6.45) is 4.68. The number of hydrogen-bond acceptors (Lipinski definition) is 7. The van der Waals surface area contributed by atoms with Crippen LogP contribution in [0.1, 0.15) is 11.1 Å². The normalized spacial score (nSPS) is 10.9. The molecule has 0 amide bonds.